The van der Waals surface area contributed by atoms with Crippen LogP contribution in [0.4, 0.5) is 10.1 Å². The molecule has 0 heterocycles. The smallest absolute Gasteiger partial charge is 0.137 e. The van der Waals surface area contributed by atoms with Gasteiger partial charge in [0.1, 0.15) is 5.82 Å². The van der Waals surface area contributed by atoms with Crippen molar-refractivity contribution < 1.29 is 4.39 Å². The summed E-state index contributed by atoms with van der Waals surface area (Å²) in [5.41, 5.74) is 1.79. The van der Waals surface area contributed by atoms with Crippen LogP contribution in [0.25, 0.3) is 0 Å². The Balaban J connectivity index is 2.20. The number of anilines is 1. The first-order valence-corrected chi connectivity index (χ1v) is 7.18. The van der Waals surface area contributed by atoms with Crippen LogP contribution in [-0.2, 0) is 0 Å². The first kappa shape index (κ1) is 14.6. The van der Waals surface area contributed by atoms with E-state index in [2.05, 4.69) is 21.2 Å². The third kappa shape index (κ3) is 3.85. The molecule has 0 radical (unpaired) electrons. The molecule has 2 rings (SSSR count). The van der Waals surface area contributed by atoms with E-state index in [1.807, 2.05) is 6.92 Å². The number of hydrogen-bond donors (Lipinski definition) is 1. The predicted molar refractivity (Wildman–Crippen MR) is 82.6 cm³/mol. The summed E-state index contributed by atoms with van der Waals surface area (Å²) in [7, 11) is 0. The molecule has 1 unspecified atom stereocenters. The summed E-state index contributed by atoms with van der Waals surface area (Å²) in [5, 5.41) is 4.42. The first-order chi connectivity index (χ1) is 8.95. The van der Waals surface area contributed by atoms with Crippen molar-refractivity contribution in [3.63, 3.8) is 0 Å². The minimum absolute atomic E-state index is 0.00596. The lowest BCUT2D eigenvalue weighted by Gasteiger charge is -2.16. The molecule has 0 aromatic heterocycles. The van der Waals surface area contributed by atoms with Crippen molar-refractivity contribution >= 4 is 44.8 Å². The molecule has 0 bridgehead atoms. The van der Waals surface area contributed by atoms with Crippen LogP contribution in [-0.4, -0.2) is 0 Å². The highest BCUT2D eigenvalue weighted by Crippen LogP contribution is 2.27. The highest BCUT2D eigenvalue weighted by Gasteiger charge is 2.09. The molecule has 0 aliphatic heterocycles. The van der Waals surface area contributed by atoms with Gasteiger partial charge >= 0.3 is 0 Å². The fourth-order valence-corrected chi connectivity index (χ4v) is 2.67. The molecule has 0 aliphatic carbocycles. The van der Waals surface area contributed by atoms with Gasteiger partial charge in [-0.1, -0.05) is 29.3 Å². The second kappa shape index (κ2) is 6.12. The van der Waals surface area contributed by atoms with Crippen LogP contribution in [0.5, 0.6) is 0 Å². The molecule has 1 atom stereocenters. The summed E-state index contributed by atoms with van der Waals surface area (Å²) in [4.78, 5) is 0. The van der Waals surface area contributed by atoms with Crippen molar-refractivity contribution in [3.8, 4) is 0 Å². The highest BCUT2D eigenvalue weighted by molar-refractivity contribution is 9.10. The van der Waals surface area contributed by atoms with Crippen molar-refractivity contribution in [2.24, 2.45) is 0 Å². The molecule has 0 spiro atoms. The van der Waals surface area contributed by atoms with Gasteiger partial charge in [0.2, 0.25) is 0 Å². The van der Waals surface area contributed by atoms with Crippen molar-refractivity contribution in [1.29, 1.82) is 0 Å². The molecule has 1 nitrogen and oxygen atoms in total. The van der Waals surface area contributed by atoms with E-state index in [0.717, 1.165) is 11.3 Å². The van der Waals surface area contributed by atoms with Gasteiger partial charge in [-0.3, -0.25) is 0 Å². The molecule has 5 heteroatoms. The lowest BCUT2D eigenvalue weighted by Crippen LogP contribution is -2.06. The third-order valence-corrected chi connectivity index (χ3v) is 3.73. The second-order valence-corrected chi connectivity index (χ2v) is 5.92. The third-order valence-electron chi connectivity index (χ3n) is 2.69. The summed E-state index contributed by atoms with van der Waals surface area (Å²) in [6.07, 6.45) is 0. The molecule has 0 saturated carbocycles. The second-order valence-electron chi connectivity index (χ2n) is 4.20. The number of rotatable bonds is 3. The molecule has 0 aliphatic rings. The van der Waals surface area contributed by atoms with Crippen molar-refractivity contribution in [3.05, 3.63) is 62.3 Å². The fourth-order valence-electron chi connectivity index (χ4n) is 1.75. The van der Waals surface area contributed by atoms with Gasteiger partial charge in [-0.2, -0.15) is 0 Å². The van der Waals surface area contributed by atoms with Crippen LogP contribution in [0.1, 0.15) is 18.5 Å². The van der Waals surface area contributed by atoms with Crippen LogP contribution in [0.15, 0.2) is 40.9 Å². The van der Waals surface area contributed by atoms with Gasteiger partial charge in [0.25, 0.3) is 0 Å². The average Bonchev–Trinajstić information content (AvgIpc) is 2.31. The molecule has 0 amide bonds. The largest absolute Gasteiger partial charge is 0.378 e. The summed E-state index contributed by atoms with van der Waals surface area (Å²) >= 11 is 15.1. The maximum absolute atomic E-state index is 13.2. The molecule has 0 fully saturated rings. The molecule has 2 aromatic rings. The van der Waals surface area contributed by atoms with Gasteiger partial charge in [0, 0.05) is 21.8 Å². The van der Waals surface area contributed by atoms with Gasteiger partial charge in [-0.25, -0.2) is 4.39 Å². The Morgan fingerprint density at radius 1 is 1.11 bits per heavy atom. The highest BCUT2D eigenvalue weighted by atomic mass is 79.9. The Labute approximate surface area is 129 Å². The summed E-state index contributed by atoms with van der Waals surface area (Å²) in [5.74, 6) is -0.276. The van der Waals surface area contributed by atoms with Crippen molar-refractivity contribution in [2.45, 2.75) is 13.0 Å². The van der Waals surface area contributed by atoms with Crippen LogP contribution in [0.2, 0.25) is 10.0 Å². The standard InChI is InChI=1S/C14H11BrCl2FN/c1-8(9-2-3-14(18)13(15)4-9)19-12-6-10(16)5-11(17)7-12/h2-8,19H,1H3. The Morgan fingerprint density at radius 2 is 1.74 bits per heavy atom. The van der Waals surface area contributed by atoms with E-state index in [0.29, 0.717) is 14.5 Å². The number of hydrogen-bond acceptors (Lipinski definition) is 1. The zero-order valence-electron chi connectivity index (χ0n) is 10.1. The predicted octanol–water partition coefficient (Wildman–Crippen LogP) is 6.07. The maximum atomic E-state index is 13.2. The number of halogens is 4. The molecular formula is C14H11BrCl2FN. The van der Waals surface area contributed by atoms with Crippen molar-refractivity contribution in [1.82, 2.24) is 0 Å². The zero-order valence-corrected chi connectivity index (χ0v) is 13.2. The average molecular weight is 363 g/mol. The molecule has 19 heavy (non-hydrogen) atoms. The summed E-state index contributed by atoms with van der Waals surface area (Å²) < 4.78 is 13.6. The van der Waals surface area contributed by atoms with Crippen LogP contribution < -0.4 is 5.32 Å². The molecular weight excluding hydrogens is 352 g/mol. The quantitative estimate of drug-likeness (QED) is 0.698. The van der Waals surface area contributed by atoms with Gasteiger partial charge in [-0.05, 0) is 58.7 Å². The van der Waals surface area contributed by atoms with E-state index in [4.69, 9.17) is 23.2 Å². The van der Waals surface area contributed by atoms with E-state index in [1.54, 1.807) is 30.3 Å². The lowest BCUT2D eigenvalue weighted by atomic mass is 10.1. The number of benzene rings is 2. The Hall–Kier alpha value is -0.770. The van der Waals surface area contributed by atoms with Crippen LogP contribution in [0, 0.1) is 5.82 Å². The van der Waals surface area contributed by atoms with Gasteiger partial charge in [-0.15, -0.1) is 0 Å². The summed E-state index contributed by atoms with van der Waals surface area (Å²) in [6.45, 7) is 1.98. The normalized spacial score (nSPS) is 12.3. The Kier molecular flexibility index (Phi) is 4.71. The first-order valence-electron chi connectivity index (χ1n) is 5.63. The van der Waals surface area contributed by atoms with Gasteiger partial charge in [0.15, 0.2) is 0 Å². The van der Waals surface area contributed by atoms with Gasteiger partial charge in [0.05, 0.1) is 4.47 Å². The maximum Gasteiger partial charge on any atom is 0.137 e. The van der Waals surface area contributed by atoms with Crippen molar-refractivity contribution in [2.75, 3.05) is 5.32 Å². The fraction of sp³-hybridized carbons (Fsp3) is 0.143. The van der Waals surface area contributed by atoms with E-state index in [-0.39, 0.29) is 11.9 Å². The Morgan fingerprint density at radius 3 is 2.32 bits per heavy atom. The minimum Gasteiger partial charge on any atom is -0.378 e. The minimum atomic E-state index is -0.276. The van der Waals surface area contributed by atoms with Crippen LogP contribution >= 0.6 is 39.1 Å². The van der Waals surface area contributed by atoms with E-state index < -0.39 is 0 Å². The van der Waals surface area contributed by atoms with E-state index >= 15 is 0 Å². The topological polar surface area (TPSA) is 12.0 Å². The van der Waals surface area contributed by atoms with Gasteiger partial charge < -0.3 is 5.32 Å². The van der Waals surface area contributed by atoms with Crippen LogP contribution in [0.3, 0.4) is 0 Å². The lowest BCUT2D eigenvalue weighted by molar-refractivity contribution is 0.619. The molecule has 100 valence electrons. The Bertz CT molecular complexity index is 584. The molecule has 2 aromatic carbocycles. The molecule has 0 saturated heterocycles. The molecule has 1 N–H and O–H groups in total. The zero-order chi connectivity index (χ0) is 14.0. The van der Waals surface area contributed by atoms with E-state index in [1.165, 1.54) is 6.07 Å². The number of nitrogens with one attached hydrogen (secondary N) is 1. The SMILES string of the molecule is CC(Nc1cc(Cl)cc(Cl)c1)c1ccc(F)c(Br)c1. The van der Waals surface area contributed by atoms with E-state index in [9.17, 15) is 4.39 Å². The summed E-state index contributed by atoms with van der Waals surface area (Å²) in [6, 6.07) is 10.2. The monoisotopic (exact) mass is 361 g/mol.